The third kappa shape index (κ3) is 7.45. The van der Waals surface area contributed by atoms with Crippen LogP contribution in [0.3, 0.4) is 0 Å². The average molecular weight is 333 g/mol. The maximum atomic E-state index is 11.8. The Kier molecular flexibility index (Phi) is 8.34. The second kappa shape index (κ2) is 9.76. The van der Waals surface area contributed by atoms with Crippen LogP contribution in [0.4, 0.5) is 5.69 Å². The number of carbonyl (C=O) groups is 1. The van der Waals surface area contributed by atoms with Gasteiger partial charge in [0, 0.05) is 17.3 Å². The molecule has 0 amide bonds. The van der Waals surface area contributed by atoms with Crippen molar-refractivity contribution in [1.82, 2.24) is 0 Å². The largest absolute Gasteiger partial charge is 0.480 e. The Morgan fingerprint density at radius 1 is 1.29 bits per heavy atom. The number of nitrogens with two attached hydrogens (primary N) is 1. The second-order valence-electron chi connectivity index (χ2n) is 4.75. The van der Waals surface area contributed by atoms with Gasteiger partial charge in [0.25, 0.3) is 0 Å². The predicted molar refractivity (Wildman–Crippen MR) is 87.0 cm³/mol. The maximum absolute atomic E-state index is 11.8. The molecule has 118 valence electrons. The highest BCUT2D eigenvalue weighted by molar-refractivity contribution is 7.86. The average Bonchev–Trinajstić information content (AvgIpc) is 2.45. The molecule has 1 rings (SSSR count). The molecule has 1 aromatic carbocycles. The number of benzene rings is 1. The zero-order valence-corrected chi connectivity index (χ0v) is 13.3. The molecular weight excluding hydrogens is 312 g/mol. The van der Waals surface area contributed by atoms with Crippen molar-refractivity contribution in [2.45, 2.75) is 31.7 Å². The van der Waals surface area contributed by atoms with Gasteiger partial charge < -0.3 is 15.6 Å². The summed E-state index contributed by atoms with van der Waals surface area (Å²) in [6.07, 6.45) is 3.06. The minimum atomic E-state index is -1.11. The van der Waals surface area contributed by atoms with Crippen molar-refractivity contribution in [2.75, 3.05) is 16.4 Å². The van der Waals surface area contributed by atoms with Crippen LogP contribution >= 0.6 is 11.6 Å². The fourth-order valence-electron chi connectivity index (χ4n) is 1.74. The summed E-state index contributed by atoms with van der Waals surface area (Å²) in [5, 5.41) is 8.75. The lowest BCUT2D eigenvalue weighted by molar-refractivity contribution is -0.138. The van der Waals surface area contributed by atoms with Crippen LogP contribution in [0.2, 0.25) is 0 Å². The first kappa shape index (κ1) is 17.9. The molecule has 1 unspecified atom stereocenters. The molecule has 5 nitrogen and oxygen atoms in total. The van der Waals surface area contributed by atoms with Crippen molar-refractivity contribution in [3.05, 3.63) is 29.8 Å². The van der Waals surface area contributed by atoms with Crippen molar-refractivity contribution >= 4 is 34.2 Å². The lowest BCUT2D eigenvalue weighted by Crippen LogP contribution is -2.32. The highest BCUT2D eigenvalue weighted by Gasteiger charge is 2.11. The topological polar surface area (TPSA) is 92.4 Å². The van der Waals surface area contributed by atoms with E-state index in [0.29, 0.717) is 11.6 Å². The number of carboxylic acid groups (broad SMARTS) is 1. The molecule has 0 radical (unpaired) electrons. The van der Waals surface area contributed by atoms with Crippen molar-refractivity contribution in [1.29, 1.82) is 0 Å². The molecule has 0 aromatic heterocycles. The summed E-state index contributed by atoms with van der Waals surface area (Å²) in [4.78, 5) is 10.7. The maximum Gasteiger partial charge on any atom is 0.320 e. The molecule has 0 spiro atoms. The van der Waals surface area contributed by atoms with E-state index in [2.05, 4.69) is 4.72 Å². The molecule has 7 heteroatoms. The normalized spacial score (nSPS) is 13.6. The molecule has 0 aliphatic heterocycles. The number of hydrogen-bond donors (Lipinski definition) is 3. The smallest absolute Gasteiger partial charge is 0.320 e. The van der Waals surface area contributed by atoms with Crippen molar-refractivity contribution in [3.8, 4) is 0 Å². The molecule has 0 fully saturated rings. The van der Waals surface area contributed by atoms with Gasteiger partial charge in [0.15, 0.2) is 0 Å². The van der Waals surface area contributed by atoms with Crippen LogP contribution in [-0.2, 0) is 22.2 Å². The summed E-state index contributed by atoms with van der Waals surface area (Å²) < 4.78 is 14.7. The number of carboxylic acids is 1. The standard InChI is InChI=1S/C14H21ClN2O3S/c15-8-2-1-3-9-21(20)17-12-6-4-11(5-7-12)10-13(16)14(18)19/h4-7,13,17H,1-3,8-10,16H2,(H,18,19)/t13-,21?/m0/s1. The molecule has 0 bridgehead atoms. The van der Waals surface area contributed by atoms with Gasteiger partial charge in [-0.15, -0.1) is 11.6 Å². The number of aliphatic carboxylic acids is 1. The Balaban J connectivity index is 2.40. The molecule has 0 saturated carbocycles. The van der Waals surface area contributed by atoms with Gasteiger partial charge in [0.05, 0.1) is 0 Å². The van der Waals surface area contributed by atoms with E-state index in [9.17, 15) is 9.00 Å². The van der Waals surface area contributed by atoms with E-state index in [4.69, 9.17) is 22.4 Å². The number of halogens is 1. The lowest BCUT2D eigenvalue weighted by Gasteiger charge is -2.09. The number of unbranched alkanes of at least 4 members (excludes halogenated alkanes) is 2. The lowest BCUT2D eigenvalue weighted by atomic mass is 10.1. The van der Waals surface area contributed by atoms with E-state index in [1.165, 1.54) is 0 Å². The summed E-state index contributed by atoms with van der Waals surface area (Å²) in [7, 11) is -1.11. The molecule has 4 N–H and O–H groups in total. The number of nitrogens with one attached hydrogen (secondary N) is 1. The van der Waals surface area contributed by atoms with Crippen molar-refractivity contribution in [2.24, 2.45) is 5.73 Å². The van der Waals surface area contributed by atoms with Crippen LogP contribution in [0.15, 0.2) is 24.3 Å². The van der Waals surface area contributed by atoms with Crippen LogP contribution < -0.4 is 10.5 Å². The summed E-state index contributed by atoms with van der Waals surface area (Å²) >= 11 is 5.58. The Labute approximate surface area is 132 Å². The Bertz CT molecular complexity index is 468. The summed E-state index contributed by atoms with van der Waals surface area (Å²) in [6.45, 7) is 0. The van der Waals surface area contributed by atoms with E-state index in [0.717, 1.165) is 30.5 Å². The third-order valence-corrected chi connectivity index (χ3v) is 4.31. The zero-order chi connectivity index (χ0) is 15.7. The van der Waals surface area contributed by atoms with E-state index >= 15 is 0 Å². The Hall–Kier alpha value is -1.11. The minimum Gasteiger partial charge on any atom is -0.480 e. The van der Waals surface area contributed by atoms with Gasteiger partial charge >= 0.3 is 5.97 Å². The Morgan fingerprint density at radius 3 is 2.52 bits per heavy atom. The number of rotatable bonds is 10. The minimum absolute atomic E-state index is 0.275. The number of anilines is 1. The number of hydrogen-bond acceptors (Lipinski definition) is 3. The van der Waals surface area contributed by atoms with Gasteiger partial charge in [-0.05, 0) is 37.0 Å². The molecule has 0 aliphatic rings. The predicted octanol–water partition coefficient (Wildman–Crippen LogP) is 2.13. The van der Waals surface area contributed by atoms with E-state index in [-0.39, 0.29) is 6.42 Å². The highest BCUT2D eigenvalue weighted by Crippen LogP contribution is 2.12. The zero-order valence-electron chi connectivity index (χ0n) is 11.8. The fraction of sp³-hybridized carbons (Fsp3) is 0.500. The fourth-order valence-corrected chi connectivity index (χ4v) is 2.89. The molecule has 21 heavy (non-hydrogen) atoms. The third-order valence-electron chi connectivity index (χ3n) is 2.92. The molecule has 0 aliphatic carbocycles. The Morgan fingerprint density at radius 2 is 1.95 bits per heavy atom. The van der Waals surface area contributed by atoms with E-state index < -0.39 is 23.0 Å². The highest BCUT2D eigenvalue weighted by atomic mass is 35.5. The van der Waals surface area contributed by atoms with Crippen LogP contribution in [-0.4, -0.2) is 33.0 Å². The van der Waals surface area contributed by atoms with Gasteiger partial charge in [-0.25, -0.2) is 4.21 Å². The number of alkyl halides is 1. The first-order valence-corrected chi connectivity index (χ1v) is 8.66. The van der Waals surface area contributed by atoms with Crippen molar-refractivity contribution in [3.63, 3.8) is 0 Å². The van der Waals surface area contributed by atoms with Gasteiger partial charge in [-0.2, -0.15) is 0 Å². The molecular formula is C14H21ClN2O3S. The van der Waals surface area contributed by atoms with Crippen LogP contribution in [0.1, 0.15) is 24.8 Å². The van der Waals surface area contributed by atoms with Crippen LogP contribution in [0, 0.1) is 0 Å². The monoisotopic (exact) mass is 332 g/mol. The molecule has 1 aromatic rings. The van der Waals surface area contributed by atoms with Crippen molar-refractivity contribution < 1.29 is 14.1 Å². The van der Waals surface area contributed by atoms with Gasteiger partial charge in [-0.3, -0.25) is 4.79 Å². The summed E-state index contributed by atoms with van der Waals surface area (Å²) in [5.74, 6) is 0.206. The molecule has 0 heterocycles. The second-order valence-corrected chi connectivity index (χ2v) is 6.43. The van der Waals surface area contributed by atoms with Gasteiger partial charge in [0.2, 0.25) is 0 Å². The SMILES string of the molecule is N[C@@H](Cc1ccc(NS(=O)CCCCCCl)cc1)C(=O)O. The van der Waals surface area contributed by atoms with Gasteiger partial charge in [0.1, 0.15) is 17.0 Å². The van der Waals surface area contributed by atoms with Crippen LogP contribution in [0.25, 0.3) is 0 Å². The summed E-state index contributed by atoms with van der Waals surface area (Å²) in [6, 6.07) is 6.23. The quantitative estimate of drug-likeness (QED) is 0.452. The summed E-state index contributed by atoms with van der Waals surface area (Å²) in [5.41, 5.74) is 7.06. The molecule has 0 saturated heterocycles. The first-order chi connectivity index (χ1) is 10.0. The van der Waals surface area contributed by atoms with Gasteiger partial charge in [-0.1, -0.05) is 18.6 Å². The van der Waals surface area contributed by atoms with E-state index in [1.54, 1.807) is 24.3 Å². The van der Waals surface area contributed by atoms with Crippen LogP contribution in [0.5, 0.6) is 0 Å². The molecule has 2 atom stereocenters. The van der Waals surface area contributed by atoms with E-state index in [1.807, 2.05) is 0 Å². The first-order valence-electron chi connectivity index (χ1n) is 6.81.